The highest BCUT2D eigenvalue weighted by Gasteiger charge is 2.27. The fourth-order valence-corrected chi connectivity index (χ4v) is 2.89. The Balaban J connectivity index is 1.62. The smallest absolute Gasteiger partial charge is 0.253 e. The number of carbonyl (C=O) groups is 2. The number of carbonyl (C=O) groups excluding carboxylic acids is 2. The Morgan fingerprint density at radius 2 is 1.88 bits per heavy atom. The molecule has 1 heterocycles. The highest BCUT2D eigenvalue weighted by Crippen LogP contribution is 2.19. The van der Waals surface area contributed by atoms with Gasteiger partial charge in [0.05, 0.1) is 12.6 Å². The lowest BCUT2D eigenvalue weighted by Gasteiger charge is -2.33. The Hall–Kier alpha value is -2.66. The molecule has 0 aromatic heterocycles. The minimum absolute atomic E-state index is 0.0267. The van der Waals surface area contributed by atoms with E-state index in [9.17, 15) is 9.59 Å². The Morgan fingerprint density at radius 1 is 1.16 bits per heavy atom. The van der Waals surface area contributed by atoms with Crippen LogP contribution in [0.2, 0.25) is 0 Å². The summed E-state index contributed by atoms with van der Waals surface area (Å²) < 4.78 is 5.58. The molecule has 1 aliphatic rings. The van der Waals surface area contributed by atoms with E-state index in [2.05, 4.69) is 5.32 Å². The molecule has 1 saturated heterocycles. The van der Waals surface area contributed by atoms with Crippen molar-refractivity contribution in [1.29, 1.82) is 0 Å². The second-order valence-corrected chi connectivity index (χ2v) is 6.36. The van der Waals surface area contributed by atoms with Crippen LogP contribution in [0.4, 0.5) is 5.69 Å². The fraction of sp³-hybridized carbons (Fsp3) is 0.300. The maximum atomic E-state index is 12.3. The van der Waals surface area contributed by atoms with Crippen LogP contribution >= 0.6 is 0 Å². The zero-order valence-corrected chi connectivity index (χ0v) is 14.5. The predicted octanol–water partition coefficient (Wildman–Crippen LogP) is 2.47. The normalized spacial score (nSPS) is 17.4. The second-order valence-electron chi connectivity index (χ2n) is 6.36. The molecule has 1 N–H and O–H groups in total. The first-order valence-electron chi connectivity index (χ1n) is 8.36. The third-order valence-electron chi connectivity index (χ3n) is 4.21. The first kappa shape index (κ1) is 17.2. The molecule has 5 nitrogen and oxygen atoms in total. The van der Waals surface area contributed by atoms with Crippen LogP contribution in [0.3, 0.4) is 0 Å². The Morgan fingerprint density at radius 3 is 2.60 bits per heavy atom. The van der Waals surface area contributed by atoms with Gasteiger partial charge >= 0.3 is 0 Å². The number of hydrogen-bond donors (Lipinski definition) is 1. The van der Waals surface area contributed by atoms with E-state index in [0.29, 0.717) is 18.7 Å². The van der Waals surface area contributed by atoms with Crippen LogP contribution in [0, 0.1) is 13.8 Å². The van der Waals surface area contributed by atoms with Crippen molar-refractivity contribution < 1.29 is 14.3 Å². The molecule has 130 valence electrons. The van der Waals surface area contributed by atoms with Crippen LogP contribution < -0.4 is 10.2 Å². The average Bonchev–Trinajstić information content (AvgIpc) is 2.60. The van der Waals surface area contributed by atoms with Gasteiger partial charge in [-0.1, -0.05) is 29.8 Å². The van der Waals surface area contributed by atoms with Crippen molar-refractivity contribution >= 4 is 17.5 Å². The number of morpholine rings is 1. The number of rotatable bonds is 4. The van der Waals surface area contributed by atoms with Crippen LogP contribution in [0.25, 0.3) is 0 Å². The highest BCUT2D eigenvalue weighted by molar-refractivity contribution is 5.95. The third kappa shape index (κ3) is 4.25. The van der Waals surface area contributed by atoms with E-state index in [4.69, 9.17) is 4.74 Å². The predicted molar refractivity (Wildman–Crippen MR) is 96.8 cm³/mol. The standard InChI is InChI=1S/C20H22N2O3/c1-14-5-3-7-16(9-14)20(24)21-11-18-12-22(19(23)13-25-18)17-8-4-6-15(2)10-17/h3-10,18H,11-13H2,1-2H3,(H,21,24). The SMILES string of the molecule is Cc1cccc(C(=O)NCC2CN(c3cccc(C)c3)C(=O)CO2)c1. The molecular weight excluding hydrogens is 316 g/mol. The molecular formula is C20H22N2O3. The van der Waals surface area contributed by atoms with Crippen molar-refractivity contribution in [2.45, 2.75) is 20.0 Å². The zero-order chi connectivity index (χ0) is 17.8. The molecule has 25 heavy (non-hydrogen) atoms. The van der Waals surface area contributed by atoms with Crippen molar-refractivity contribution in [3.63, 3.8) is 0 Å². The number of amides is 2. The molecule has 0 spiro atoms. The van der Waals surface area contributed by atoms with Crippen molar-refractivity contribution in [3.05, 3.63) is 65.2 Å². The van der Waals surface area contributed by atoms with Crippen LogP contribution in [-0.2, 0) is 9.53 Å². The quantitative estimate of drug-likeness (QED) is 0.932. The number of benzene rings is 2. The van der Waals surface area contributed by atoms with Crippen molar-refractivity contribution in [1.82, 2.24) is 5.32 Å². The van der Waals surface area contributed by atoms with E-state index in [1.807, 2.05) is 56.3 Å². The number of nitrogens with zero attached hydrogens (tertiary/aromatic N) is 1. The largest absolute Gasteiger partial charge is 0.365 e. The Labute approximate surface area is 147 Å². The van der Waals surface area contributed by atoms with Crippen molar-refractivity contribution in [2.24, 2.45) is 0 Å². The molecule has 1 unspecified atom stereocenters. The molecule has 1 aliphatic heterocycles. The van der Waals surface area contributed by atoms with E-state index in [1.165, 1.54) is 0 Å². The third-order valence-corrected chi connectivity index (χ3v) is 4.21. The van der Waals surface area contributed by atoms with E-state index >= 15 is 0 Å². The number of hydrogen-bond acceptors (Lipinski definition) is 3. The molecule has 0 saturated carbocycles. The monoisotopic (exact) mass is 338 g/mol. The van der Waals surface area contributed by atoms with Crippen molar-refractivity contribution in [2.75, 3.05) is 24.6 Å². The van der Waals surface area contributed by atoms with E-state index < -0.39 is 0 Å². The van der Waals surface area contributed by atoms with E-state index in [-0.39, 0.29) is 24.5 Å². The summed E-state index contributed by atoms with van der Waals surface area (Å²) in [4.78, 5) is 26.1. The van der Waals surface area contributed by atoms with Gasteiger partial charge in [0.25, 0.3) is 11.8 Å². The summed E-state index contributed by atoms with van der Waals surface area (Å²) in [5, 5.41) is 2.89. The first-order chi connectivity index (χ1) is 12.0. The van der Waals surface area contributed by atoms with Gasteiger partial charge in [0, 0.05) is 17.8 Å². The van der Waals surface area contributed by atoms with E-state index in [0.717, 1.165) is 16.8 Å². The molecule has 0 aliphatic carbocycles. The lowest BCUT2D eigenvalue weighted by Crippen LogP contribution is -2.50. The zero-order valence-electron chi connectivity index (χ0n) is 14.5. The Kier molecular flexibility index (Phi) is 5.14. The minimum atomic E-state index is -0.230. The van der Waals surface area contributed by atoms with Gasteiger partial charge in [0.2, 0.25) is 0 Å². The molecule has 0 radical (unpaired) electrons. The minimum Gasteiger partial charge on any atom is -0.365 e. The number of anilines is 1. The lowest BCUT2D eigenvalue weighted by atomic mass is 10.1. The highest BCUT2D eigenvalue weighted by atomic mass is 16.5. The maximum Gasteiger partial charge on any atom is 0.253 e. The number of nitrogens with one attached hydrogen (secondary N) is 1. The van der Waals surface area contributed by atoms with Crippen molar-refractivity contribution in [3.8, 4) is 0 Å². The summed E-state index contributed by atoms with van der Waals surface area (Å²) in [6.07, 6.45) is -0.230. The molecule has 5 heteroatoms. The molecule has 1 atom stereocenters. The van der Waals surface area contributed by atoms with Gasteiger partial charge in [0.1, 0.15) is 6.61 Å². The maximum absolute atomic E-state index is 12.3. The molecule has 2 aromatic carbocycles. The van der Waals surface area contributed by atoms with Gasteiger partial charge in [0.15, 0.2) is 0 Å². The summed E-state index contributed by atoms with van der Waals surface area (Å²) in [5.74, 6) is -0.196. The fourth-order valence-electron chi connectivity index (χ4n) is 2.89. The topological polar surface area (TPSA) is 58.6 Å². The lowest BCUT2D eigenvalue weighted by molar-refractivity contribution is -0.129. The van der Waals surface area contributed by atoms with Gasteiger partial charge in [-0.25, -0.2) is 0 Å². The van der Waals surface area contributed by atoms with E-state index in [1.54, 1.807) is 11.0 Å². The van der Waals surface area contributed by atoms with Gasteiger partial charge in [-0.15, -0.1) is 0 Å². The average molecular weight is 338 g/mol. The van der Waals surface area contributed by atoms with Gasteiger partial charge in [-0.2, -0.15) is 0 Å². The summed E-state index contributed by atoms with van der Waals surface area (Å²) in [6, 6.07) is 15.3. The van der Waals surface area contributed by atoms with Gasteiger partial charge in [-0.3, -0.25) is 9.59 Å². The first-order valence-corrected chi connectivity index (χ1v) is 8.36. The van der Waals surface area contributed by atoms with Gasteiger partial charge in [-0.05, 0) is 43.7 Å². The van der Waals surface area contributed by atoms with Crippen LogP contribution in [0.15, 0.2) is 48.5 Å². The molecule has 1 fully saturated rings. The van der Waals surface area contributed by atoms with Crippen LogP contribution in [-0.4, -0.2) is 37.6 Å². The molecule has 2 aromatic rings. The number of ether oxygens (including phenoxy) is 1. The summed E-state index contributed by atoms with van der Waals surface area (Å²) in [7, 11) is 0. The van der Waals surface area contributed by atoms with Gasteiger partial charge < -0.3 is 15.0 Å². The molecule has 2 amide bonds. The number of aryl methyl sites for hydroxylation is 2. The summed E-state index contributed by atoms with van der Waals surface area (Å²) in [5.41, 5.74) is 3.63. The summed E-state index contributed by atoms with van der Waals surface area (Å²) >= 11 is 0. The second kappa shape index (κ2) is 7.49. The summed E-state index contributed by atoms with van der Waals surface area (Å²) in [6.45, 7) is 4.76. The molecule has 3 rings (SSSR count). The van der Waals surface area contributed by atoms with Crippen LogP contribution in [0.1, 0.15) is 21.5 Å². The Bertz CT molecular complexity index is 788. The molecule has 0 bridgehead atoms. The van der Waals surface area contributed by atoms with Crippen LogP contribution in [0.5, 0.6) is 0 Å².